The predicted octanol–water partition coefficient (Wildman–Crippen LogP) is 2.01. The molecule has 5 nitrogen and oxygen atoms in total. The Morgan fingerprint density at radius 1 is 1.45 bits per heavy atom. The first-order chi connectivity index (χ1) is 9.54. The maximum Gasteiger partial charge on any atom is 0.288 e. The minimum atomic E-state index is -0.133. The summed E-state index contributed by atoms with van der Waals surface area (Å²) in [6.45, 7) is 8.51. The number of carbonyl (C=O) groups excluding carboxylic acids is 1. The van der Waals surface area contributed by atoms with Crippen molar-refractivity contribution in [1.82, 2.24) is 15.2 Å². The van der Waals surface area contributed by atoms with Crippen LogP contribution in [0.4, 0.5) is 0 Å². The van der Waals surface area contributed by atoms with Crippen LogP contribution in [0.5, 0.6) is 0 Å². The quantitative estimate of drug-likeness (QED) is 0.914. The first kappa shape index (κ1) is 13.6. The van der Waals surface area contributed by atoms with E-state index in [-0.39, 0.29) is 11.9 Å². The zero-order valence-electron chi connectivity index (χ0n) is 12.4. The van der Waals surface area contributed by atoms with E-state index in [1.807, 2.05) is 0 Å². The highest BCUT2D eigenvalue weighted by Crippen LogP contribution is 2.39. The van der Waals surface area contributed by atoms with Crippen molar-refractivity contribution < 1.29 is 9.21 Å². The Morgan fingerprint density at radius 2 is 2.20 bits per heavy atom. The van der Waals surface area contributed by atoms with Crippen LogP contribution in [0.3, 0.4) is 0 Å². The second-order valence-corrected chi connectivity index (χ2v) is 6.44. The summed E-state index contributed by atoms with van der Waals surface area (Å²) in [5.74, 6) is 1.85. The van der Waals surface area contributed by atoms with E-state index in [9.17, 15) is 4.79 Å². The highest BCUT2D eigenvalue weighted by atomic mass is 16.4. The molecule has 0 bridgehead atoms. The van der Waals surface area contributed by atoms with Gasteiger partial charge in [0.15, 0.2) is 5.89 Å². The zero-order valence-corrected chi connectivity index (χ0v) is 12.4. The molecule has 1 saturated heterocycles. The highest BCUT2D eigenvalue weighted by Gasteiger charge is 2.33. The molecule has 0 aromatic carbocycles. The Balaban J connectivity index is 1.60. The van der Waals surface area contributed by atoms with Crippen LogP contribution in [0.1, 0.15) is 56.0 Å². The average molecular weight is 277 g/mol. The maximum atomic E-state index is 12.2. The van der Waals surface area contributed by atoms with Gasteiger partial charge in [0.25, 0.3) is 5.91 Å². The number of rotatable bonds is 4. The number of aromatic nitrogens is 1. The van der Waals surface area contributed by atoms with Crippen LogP contribution in [0, 0.1) is 5.92 Å². The molecule has 5 heteroatoms. The topological polar surface area (TPSA) is 58.4 Å². The molecule has 1 saturated carbocycles. The summed E-state index contributed by atoms with van der Waals surface area (Å²) in [6, 6.07) is 0.713. The van der Waals surface area contributed by atoms with Crippen molar-refractivity contribution in [3.8, 4) is 0 Å². The van der Waals surface area contributed by atoms with Gasteiger partial charge >= 0.3 is 0 Å². The van der Waals surface area contributed by atoms with Crippen molar-refractivity contribution in [3.05, 3.63) is 17.8 Å². The van der Waals surface area contributed by atoms with Crippen molar-refractivity contribution >= 4 is 5.91 Å². The fraction of sp³-hybridized carbons (Fsp3) is 0.733. The van der Waals surface area contributed by atoms with E-state index in [0.29, 0.717) is 23.6 Å². The van der Waals surface area contributed by atoms with Crippen LogP contribution >= 0.6 is 0 Å². The zero-order chi connectivity index (χ0) is 14.3. The fourth-order valence-corrected chi connectivity index (χ4v) is 2.76. The third kappa shape index (κ3) is 2.73. The second kappa shape index (κ2) is 5.20. The van der Waals surface area contributed by atoms with E-state index in [4.69, 9.17) is 4.42 Å². The Labute approximate surface area is 119 Å². The van der Waals surface area contributed by atoms with Crippen molar-refractivity contribution in [2.45, 2.75) is 51.6 Å². The summed E-state index contributed by atoms with van der Waals surface area (Å²) in [5, 5.41) is 3.09. The molecular formula is C15H23N3O2. The molecule has 2 fully saturated rings. The molecule has 20 heavy (non-hydrogen) atoms. The lowest BCUT2D eigenvalue weighted by molar-refractivity contribution is 0.0901. The summed E-state index contributed by atoms with van der Waals surface area (Å²) in [6.07, 6.45) is 3.82. The molecule has 0 radical (unpaired) electrons. The lowest BCUT2D eigenvalue weighted by Crippen LogP contribution is -2.40. The molecule has 2 heterocycles. The number of hydrogen-bond acceptors (Lipinski definition) is 4. The van der Waals surface area contributed by atoms with Gasteiger partial charge in [-0.25, -0.2) is 4.98 Å². The first-order valence-electron chi connectivity index (χ1n) is 7.55. The molecular weight excluding hydrogens is 254 g/mol. The molecule has 1 aromatic heterocycles. The van der Waals surface area contributed by atoms with Crippen LogP contribution < -0.4 is 5.32 Å². The summed E-state index contributed by atoms with van der Waals surface area (Å²) in [4.78, 5) is 18.8. The normalized spacial score (nSPS) is 27.2. The van der Waals surface area contributed by atoms with Crippen LogP contribution in [0.2, 0.25) is 0 Å². The number of oxazole rings is 1. The predicted molar refractivity (Wildman–Crippen MR) is 75.6 cm³/mol. The van der Waals surface area contributed by atoms with E-state index in [1.54, 1.807) is 6.20 Å². The first-order valence-corrected chi connectivity index (χ1v) is 7.55. The number of amides is 1. The lowest BCUT2D eigenvalue weighted by atomic mass is 10.1. The molecule has 1 amide bonds. The van der Waals surface area contributed by atoms with Crippen molar-refractivity contribution in [3.63, 3.8) is 0 Å². The number of carbonyl (C=O) groups is 1. The van der Waals surface area contributed by atoms with Crippen LogP contribution in [-0.4, -0.2) is 41.0 Å². The van der Waals surface area contributed by atoms with Gasteiger partial charge in [0, 0.05) is 31.1 Å². The van der Waals surface area contributed by atoms with Gasteiger partial charge < -0.3 is 9.73 Å². The van der Waals surface area contributed by atoms with E-state index in [0.717, 1.165) is 31.8 Å². The Morgan fingerprint density at radius 3 is 2.80 bits per heavy atom. The van der Waals surface area contributed by atoms with Gasteiger partial charge in [-0.3, -0.25) is 9.69 Å². The van der Waals surface area contributed by atoms with Gasteiger partial charge in [-0.2, -0.15) is 0 Å². The van der Waals surface area contributed by atoms with Crippen LogP contribution in [0.15, 0.2) is 10.6 Å². The van der Waals surface area contributed by atoms with E-state index in [2.05, 4.69) is 36.0 Å². The summed E-state index contributed by atoms with van der Waals surface area (Å²) >= 11 is 0. The van der Waals surface area contributed by atoms with Gasteiger partial charge in [-0.1, -0.05) is 6.92 Å². The minimum absolute atomic E-state index is 0.133. The van der Waals surface area contributed by atoms with E-state index >= 15 is 0 Å². The monoisotopic (exact) mass is 277 g/mol. The summed E-state index contributed by atoms with van der Waals surface area (Å²) in [7, 11) is 0. The third-order valence-electron chi connectivity index (χ3n) is 4.36. The Bertz CT molecular complexity index is 493. The lowest BCUT2D eigenvalue weighted by Gasteiger charge is -2.20. The Hall–Kier alpha value is -1.36. The summed E-state index contributed by atoms with van der Waals surface area (Å²) < 4.78 is 5.55. The van der Waals surface area contributed by atoms with E-state index < -0.39 is 0 Å². The van der Waals surface area contributed by atoms with Crippen LogP contribution in [-0.2, 0) is 0 Å². The SMILES string of the molecule is CC(C)N1C[C@@H](C)[C@@H](NC(=O)c2cnc(C3CC3)o2)C1. The average Bonchev–Trinajstić information content (AvgIpc) is 3.01. The second-order valence-electron chi connectivity index (χ2n) is 6.44. The highest BCUT2D eigenvalue weighted by molar-refractivity contribution is 5.91. The molecule has 1 aromatic rings. The van der Waals surface area contributed by atoms with Crippen molar-refractivity contribution in [2.75, 3.05) is 13.1 Å². The molecule has 110 valence electrons. The maximum absolute atomic E-state index is 12.2. The standard InChI is InChI=1S/C15H23N3O2/c1-9(2)18-7-10(3)12(8-18)17-14(19)13-6-16-15(20-13)11-4-5-11/h6,9-12H,4-5,7-8H2,1-3H3,(H,17,19)/t10-,12+/m1/s1. The Kier molecular flexibility index (Phi) is 3.54. The smallest absolute Gasteiger partial charge is 0.288 e. The number of nitrogens with zero attached hydrogens (tertiary/aromatic N) is 2. The molecule has 1 N–H and O–H groups in total. The van der Waals surface area contributed by atoms with Crippen molar-refractivity contribution in [1.29, 1.82) is 0 Å². The minimum Gasteiger partial charge on any atom is -0.435 e. The molecule has 2 aliphatic rings. The summed E-state index contributed by atoms with van der Waals surface area (Å²) in [5.41, 5.74) is 0. The molecule has 2 atom stereocenters. The van der Waals surface area contributed by atoms with Gasteiger partial charge in [-0.05, 0) is 32.6 Å². The van der Waals surface area contributed by atoms with Gasteiger partial charge in [0.05, 0.1) is 6.20 Å². The largest absolute Gasteiger partial charge is 0.435 e. The van der Waals surface area contributed by atoms with Crippen LogP contribution in [0.25, 0.3) is 0 Å². The van der Waals surface area contributed by atoms with Gasteiger partial charge in [0.1, 0.15) is 0 Å². The van der Waals surface area contributed by atoms with Gasteiger partial charge in [0.2, 0.25) is 5.76 Å². The number of likely N-dealkylation sites (tertiary alicyclic amines) is 1. The molecule has 0 unspecified atom stereocenters. The van der Waals surface area contributed by atoms with E-state index in [1.165, 1.54) is 0 Å². The number of hydrogen-bond donors (Lipinski definition) is 1. The van der Waals surface area contributed by atoms with Crippen molar-refractivity contribution in [2.24, 2.45) is 5.92 Å². The third-order valence-corrected chi connectivity index (χ3v) is 4.36. The molecule has 1 aliphatic heterocycles. The molecule has 3 rings (SSSR count). The molecule has 0 spiro atoms. The number of nitrogens with one attached hydrogen (secondary N) is 1. The van der Waals surface area contributed by atoms with Gasteiger partial charge in [-0.15, -0.1) is 0 Å². The molecule has 1 aliphatic carbocycles. The fourth-order valence-electron chi connectivity index (χ4n) is 2.76.